The lowest BCUT2D eigenvalue weighted by molar-refractivity contribution is -0.141. The molecule has 0 unspecified atom stereocenters. The van der Waals surface area contributed by atoms with Gasteiger partial charge in [0.1, 0.15) is 23.6 Å². The van der Waals surface area contributed by atoms with Gasteiger partial charge in [-0.3, -0.25) is 4.98 Å². The van der Waals surface area contributed by atoms with Crippen molar-refractivity contribution in [2.45, 2.75) is 25.6 Å². The number of hydrogen-bond acceptors (Lipinski definition) is 6. The molecule has 3 aromatic rings. The normalized spacial score (nSPS) is 21.6. The molecule has 170 valence electrons. The van der Waals surface area contributed by atoms with Crippen molar-refractivity contribution in [2.24, 2.45) is 11.8 Å². The Morgan fingerprint density at radius 2 is 1.81 bits per heavy atom. The average Bonchev–Trinajstić information content (AvgIpc) is 3.36. The summed E-state index contributed by atoms with van der Waals surface area (Å²) in [4.78, 5) is 16.3. The third-order valence-corrected chi connectivity index (χ3v) is 6.17. The molecule has 0 aromatic carbocycles. The Balaban J connectivity index is 1.32. The number of rotatable bonds is 4. The molecule has 0 bridgehead atoms. The highest BCUT2D eigenvalue weighted by Gasteiger charge is 2.39. The van der Waals surface area contributed by atoms with Gasteiger partial charge >= 0.3 is 6.18 Å². The van der Waals surface area contributed by atoms with E-state index in [0.29, 0.717) is 54.8 Å². The Morgan fingerprint density at radius 3 is 2.59 bits per heavy atom. The summed E-state index contributed by atoms with van der Waals surface area (Å²) in [6.07, 6.45) is -1.95. The number of nitrogens with zero attached hydrogens (tertiary/aromatic N) is 7. The largest absolute Gasteiger partial charge is 0.433 e. The molecule has 12 heteroatoms. The summed E-state index contributed by atoms with van der Waals surface area (Å²) >= 11 is 0. The number of hydrogen-bond donors (Lipinski definition) is 0. The summed E-state index contributed by atoms with van der Waals surface area (Å²) in [5.41, 5.74) is 0.393. The zero-order valence-electron chi connectivity index (χ0n) is 16.9. The number of alkyl halides is 5. The average molecular weight is 453 g/mol. The second-order valence-corrected chi connectivity index (χ2v) is 8.21. The fourth-order valence-electron chi connectivity index (χ4n) is 4.62. The topological polar surface area (TPSA) is 63.0 Å². The lowest BCUT2D eigenvalue weighted by Gasteiger charge is -2.34. The Labute approximate surface area is 179 Å². The first kappa shape index (κ1) is 20.8. The van der Waals surface area contributed by atoms with Gasteiger partial charge in [0.15, 0.2) is 5.65 Å². The molecular weight excluding hydrogens is 433 g/mol. The van der Waals surface area contributed by atoms with Gasteiger partial charge in [-0.05, 0) is 30.4 Å². The number of fused-ring (bicyclic) bond motifs is 2. The van der Waals surface area contributed by atoms with Gasteiger partial charge in [0, 0.05) is 38.1 Å². The van der Waals surface area contributed by atoms with E-state index in [4.69, 9.17) is 0 Å². The highest BCUT2D eigenvalue weighted by molar-refractivity contribution is 5.71. The first-order valence-corrected chi connectivity index (χ1v) is 10.3. The van der Waals surface area contributed by atoms with Crippen LogP contribution in [0.1, 0.15) is 12.1 Å². The molecule has 5 rings (SSSR count). The second kappa shape index (κ2) is 7.82. The summed E-state index contributed by atoms with van der Waals surface area (Å²) in [7, 11) is 0. The van der Waals surface area contributed by atoms with Crippen molar-refractivity contribution in [3.8, 4) is 0 Å². The van der Waals surface area contributed by atoms with Crippen LogP contribution in [-0.4, -0.2) is 57.3 Å². The Bertz CT molecular complexity index is 1120. The van der Waals surface area contributed by atoms with Crippen molar-refractivity contribution in [3.63, 3.8) is 0 Å². The molecule has 2 atom stereocenters. The Kier molecular flexibility index (Phi) is 5.09. The zero-order valence-corrected chi connectivity index (χ0v) is 16.9. The Hall–Kier alpha value is -3.05. The molecule has 2 aliphatic heterocycles. The first-order chi connectivity index (χ1) is 15.3. The van der Waals surface area contributed by atoms with Gasteiger partial charge < -0.3 is 9.80 Å². The van der Waals surface area contributed by atoms with E-state index in [9.17, 15) is 22.0 Å². The molecule has 32 heavy (non-hydrogen) atoms. The predicted molar refractivity (Wildman–Crippen MR) is 107 cm³/mol. The second-order valence-electron chi connectivity index (χ2n) is 8.21. The predicted octanol–water partition coefficient (Wildman–Crippen LogP) is 3.47. The molecule has 7 nitrogen and oxygen atoms in total. The number of anilines is 2. The fourth-order valence-corrected chi connectivity index (χ4v) is 4.62. The van der Waals surface area contributed by atoms with Crippen LogP contribution in [0, 0.1) is 11.8 Å². The molecule has 2 aliphatic rings. The summed E-state index contributed by atoms with van der Waals surface area (Å²) in [6, 6.07) is 2.70. The highest BCUT2D eigenvalue weighted by atomic mass is 19.4. The van der Waals surface area contributed by atoms with Crippen LogP contribution in [0.2, 0.25) is 0 Å². The van der Waals surface area contributed by atoms with Gasteiger partial charge in [0.25, 0.3) is 6.43 Å². The Morgan fingerprint density at radius 1 is 1.03 bits per heavy atom. The van der Waals surface area contributed by atoms with Crippen LogP contribution in [0.25, 0.3) is 11.2 Å². The molecule has 0 amide bonds. The number of halogens is 5. The number of pyridine rings is 1. The van der Waals surface area contributed by atoms with Gasteiger partial charge in [-0.1, -0.05) is 0 Å². The zero-order chi connectivity index (χ0) is 22.5. The van der Waals surface area contributed by atoms with Crippen molar-refractivity contribution in [3.05, 3.63) is 36.4 Å². The van der Waals surface area contributed by atoms with Gasteiger partial charge in [0.2, 0.25) is 0 Å². The van der Waals surface area contributed by atoms with Gasteiger partial charge in [0.05, 0.1) is 12.4 Å². The van der Waals surface area contributed by atoms with Crippen LogP contribution in [0.5, 0.6) is 0 Å². The summed E-state index contributed by atoms with van der Waals surface area (Å²) in [6.45, 7) is 2.14. The molecule has 5 heterocycles. The van der Waals surface area contributed by atoms with E-state index in [-0.39, 0.29) is 5.92 Å². The van der Waals surface area contributed by atoms with Crippen LogP contribution in [-0.2, 0) is 12.7 Å². The van der Waals surface area contributed by atoms with Crippen molar-refractivity contribution >= 4 is 22.7 Å². The van der Waals surface area contributed by atoms with Crippen LogP contribution < -0.4 is 9.80 Å². The van der Waals surface area contributed by atoms with E-state index in [1.54, 1.807) is 12.3 Å². The van der Waals surface area contributed by atoms with E-state index in [0.717, 1.165) is 17.2 Å². The standard InChI is InChI=1S/C20H20F5N7/c21-17(22)11-32-19-15(6-28-32)27-7-18(29-19)30-4-2-12-8-31(10-13(12)9-30)14-1-3-26-16(5-14)20(23,24)25/h1,3,5-7,12-13,17H,2,4,8-11H2/t12-,13+/m1/s1. The fraction of sp³-hybridized carbons (Fsp3) is 0.500. The van der Waals surface area contributed by atoms with E-state index >= 15 is 0 Å². The van der Waals surface area contributed by atoms with Crippen molar-refractivity contribution in [2.75, 3.05) is 36.0 Å². The SMILES string of the molecule is FC(F)Cn1ncc2ncc(N3CC[C@@H]4CN(c5ccnc(C(F)(F)F)c5)C[C@@H]4C3)nc21. The molecule has 3 aromatic heterocycles. The van der Waals surface area contributed by atoms with Gasteiger partial charge in [-0.2, -0.15) is 18.3 Å². The van der Waals surface area contributed by atoms with Crippen molar-refractivity contribution in [1.29, 1.82) is 0 Å². The third kappa shape index (κ3) is 3.93. The minimum atomic E-state index is -4.48. The van der Waals surface area contributed by atoms with Crippen LogP contribution in [0.3, 0.4) is 0 Å². The molecule has 0 radical (unpaired) electrons. The maximum absolute atomic E-state index is 13.0. The van der Waals surface area contributed by atoms with E-state index in [1.165, 1.54) is 12.4 Å². The number of piperidine rings is 1. The highest BCUT2D eigenvalue weighted by Crippen LogP contribution is 2.37. The van der Waals surface area contributed by atoms with Crippen LogP contribution >= 0.6 is 0 Å². The van der Waals surface area contributed by atoms with Crippen LogP contribution in [0.15, 0.2) is 30.7 Å². The summed E-state index contributed by atoms with van der Waals surface area (Å²) in [5.74, 6) is 1.19. The van der Waals surface area contributed by atoms with E-state index in [2.05, 4.69) is 25.0 Å². The first-order valence-electron chi connectivity index (χ1n) is 10.3. The minimum Gasteiger partial charge on any atom is -0.371 e. The summed E-state index contributed by atoms with van der Waals surface area (Å²) in [5, 5.41) is 3.94. The molecule has 0 spiro atoms. The number of aromatic nitrogens is 5. The maximum Gasteiger partial charge on any atom is 0.433 e. The molecule has 2 fully saturated rings. The third-order valence-electron chi connectivity index (χ3n) is 6.17. The van der Waals surface area contributed by atoms with Gasteiger partial charge in [-0.25, -0.2) is 23.4 Å². The maximum atomic E-state index is 13.0. The van der Waals surface area contributed by atoms with E-state index < -0.39 is 24.8 Å². The van der Waals surface area contributed by atoms with Crippen LogP contribution in [0.4, 0.5) is 33.5 Å². The molecular formula is C20H20F5N7. The smallest absolute Gasteiger partial charge is 0.371 e. The lowest BCUT2D eigenvalue weighted by atomic mass is 9.89. The lowest BCUT2D eigenvalue weighted by Crippen LogP contribution is -2.40. The molecule has 0 saturated carbocycles. The molecule has 2 saturated heterocycles. The molecule has 0 N–H and O–H groups in total. The van der Waals surface area contributed by atoms with Crippen molar-refractivity contribution < 1.29 is 22.0 Å². The quantitative estimate of drug-likeness (QED) is 0.564. The monoisotopic (exact) mass is 453 g/mol. The summed E-state index contributed by atoms with van der Waals surface area (Å²) < 4.78 is 65.8. The van der Waals surface area contributed by atoms with Crippen molar-refractivity contribution in [1.82, 2.24) is 24.7 Å². The van der Waals surface area contributed by atoms with E-state index in [1.807, 2.05) is 4.90 Å². The minimum absolute atomic E-state index is 0.245. The van der Waals surface area contributed by atoms with Gasteiger partial charge in [-0.15, -0.1) is 0 Å². The molecule has 0 aliphatic carbocycles.